The van der Waals surface area contributed by atoms with E-state index in [-0.39, 0.29) is 24.0 Å². The zero-order chi connectivity index (χ0) is 25.0. The molecule has 0 atom stereocenters. The van der Waals surface area contributed by atoms with Crippen LogP contribution in [0.5, 0.6) is 0 Å². The summed E-state index contributed by atoms with van der Waals surface area (Å²) in [6.07, 6.45) is 6.42. The van der Waals surface area contributed by atoms with Crippen molar-refractivity contribution in [3.05, 3.63) is 65.2 Å². The quantitative estimate of drug-likeness (QED) is 0.470. The smallest absolute Gasteiger partial charge is 0.321 e. The minimum atomic E-state index is -0.136. The van der Waals surface area contributed by atoms with Gasteiger partial charge in [-0.2, -0.15) is 0 Å². The van der Waals surface area contributed by atoms with Gasteiger partial charge in [-0.1, -0.05) is 95.5 Å². The lowest BCUT2D eigenvalue weighted by Gasteiger charge is -2.40. The van der Waals surface area contributed by atoms with Gasteiger partial charge in [-0.25, -0.2) is 4.79 Å². The van der Waals surface area contributed by atoms with Gasteiger partial charge in [0.2, 0.25) is 5.91 Å². The predicted molar refractivity (Wildman–Crippen MR) is 143 cm³/mol. The summed E-state index contributed by atoms with van der Waals surface area (Å²) in [5.74, 6) is 0.497. The SMILES string of the molecule is CC(C)c1cccc(C(C)C)c1NC(=O)CN1CC2(CCCCC2)N(CCc2ccccc2)C1=O. The molecule has 1 aliphatic carbocycles. The van der Waals surface area contributed by atoms with Gasteiger partial charge in [0, 0.05) is 18.8 Å². The van der Waals surface area contributed by atoms with Crippen molar-refractivity contribution in [3.63, 3.8) is 0 Å². The van der Waals surface area contributed by atoms with E-state index in [1.165, 1.54) is 12.0 Å². The molecule has 4 rings (SSSR count). The largest absolute Gasteiger partial charge is 0.324 e. The molecule has 0 unspecified atom stereocenters. The second kappa shape index (κ2) is 10.8. The van der Waals surface area contributed by atoms with E-state index < -0.39 is 0 Å². The molecule has 1 saturated carbocycles. The van der Waals surface area contributed by atoms with E-state index in [1.54, 1.807) is 4.90 Å². The third-order valence-corrected chi connectivity index (χ3v) is 7.78. The van der Waals surface area contributed by atoms with Gasteiger partial charge in [0.1, 0.15) is 6.54 Å². The van der Waals surface area contributed by atoms with Gasteiger partial charge >= 0.3 is 6.03 Å². The minimum Gasteiger partial charge on any atom is -0.324 e. The van der Waals surface area contributed by atoms with Crippen LogP contribution in [0.25, 0.3) is 0 Å². The first-order valence-electron chi connectivity index (χ1n) is 13.3. The number of hydrogen-bond acceptors (Lipinski definition) is 2. The number of para-hydroxylation sites is 1. The first-order chi connectivity index (χ1) is 16.8. The zero-order valence-corrected chi connectivity index (χ0v) is 21.8. The topological polar surface area (TPSA) is 52.7 Å². The molecule has 0 radical (unpaired) electrons. The van der Waals surface area contributed by atoms with Gasteiger partial charge in [-0.3, -0.25) is 4.79 Å². The molecule has 188 valence electrons. The number of nitrogens with zero attached hydrogens (tertiary/aromatic N) is 2. The summed E-state index contributed by atoms with van der Waals surface area (Å²) >= 11 is 0. The summed E-state index contributed by atoms with van der Waals surface area (Å²) in [4.78, 5) is 30.8. The van der Waals surface area contributed by atoms with Crippen molar-refractivity contribution in [2.45, 2.75) is 83.6 Å². The Hall–Kier alpha value is -2.82. The van der Waals surface area contributed by atoms with Crippen LogP contribution in [0.15, 0.2) is 48.5 Å². The van der Waals surface area contributed by atoms with Crippen LogP contribution < -0.4 is 5.32 Å². The maximum Gasteiger partial charge on any atom is 0.321 e. The van der Waals surface area contributed by atoms with Crippen LogP contribution >= 0.6 is 0 Å². The van der Waals surface area contributed by atoms with E-state index >= 15 is 0 Å². The number of carbonyl (C=O) groups excluding carboxylic acids is 2. The number of rotatable bonds is 8. The number of nitrogens with one attached hydrogen (secondary N) is 1. The number of benzene rings is 2. The number of carbonyl (C=O) groups is 2. The molecule has 5 nitrogen and oxygen atoms in total. The van der Waals surface area contributed by atoms with Crippen molar-refractivity contribution in [2.75, 3.05) is 25.0 Å². The average Bonchev–Trinajstić information content (AvgIpc) is 3.08. The molecule has 0 aromatic heterocycles. The van der Waals surface area contributed by atoms with Crippen LogP contribution in [0.3, 0.4) is 0 Å². The second-order valence-electron chi connectivity index (χ2n) is 11.0. The molecule has 5 heteroatoms. The van der Waals surface area contributed by atoms with E-state index in [9.17, 15) is 9.59 Å². The molecule has 1 saturated heterocycles. The van der Waals surface area contributed by atoms with Crippen LogP contribution in [0, 0.1) is 0 Å². The van der Waals surface area contributed by atoms with Crippen molar-refractivity contribution in [2.24, 2.45) is 0 Å². The van der Waals surface area contributed by atoms with E-state index in [0.717, 1.165) is 48.9 Å². The van der Waals surface area contributed by atoms with Gasteiger partial charge in [0.05, 0.1) is 5.54 Å². The zero-order valence-electron chi connectivity index (χ0n) is 21.8. The molecule has 2 aromatic carbocycles. The van der Waals surface area contributed by atoms with Gasteiger partial charge in [-0.05, 0) is 47.8 Å². The third-order valence-electron chi connectivity index (χ3n) is 7.78. The highest BCUT2D eigenvalue weighted by atomic mass is 16.2. The molecular formula is C30H41N3O2. The van der Waals surface area contributed by atoms with Crippen molar-refractivity contribution in [3.8, 4) is 0 Å². The highest BCUT2D eigenvalue weighted by Crippen LogP contribution is 2.39. The first kappa shape index (κ1) is 25.3. The highest BCUT2D eigenvalue weighted by Gasteiger charge is 2.49. The molecule has 2 aliphatic rings. The molecule has 35 heavy (non-hydrogen) atoms. The standard InChI is InChI=1S/C30H41N3O2/c1-22(2)25-14-11-15-26(23(3)4)28(25)31-27(34)20-32-21-30(17-9-6-10-18-30)33(29(32)35)19-16-24-12-7-5-8-13-24/h5,7-8,11-15,22-23H,6,9-10,16-21H2,1-4H3,(H,31,34). The Morgan fingerprint density at radius 3 is 2.14 bits per heavy atom. The Bertz CT molecular complexity index is 999. The molecule has 1 spiro atoms. The Morgan fingerprint density at radius 1 is 0.914 bits per heavy atom. The van der Waals surface area contributed by atoms with E-state index in [0.29, 0.717) is 24.9 Å². The van der Waals surface area contributed by atoms with E-state index in [1.807, 2.05) is 6.07 Å². The molecule has 2 fully saturated rings. The first-order valence-corrected chi connectivity index (χ1v) is 13.3. The molecule has 1 aliphatic heterocycles. The van der Waals surface area contributed by atoms with Gasteiger partial charge < -0.3 is 15.1 Å². The molecule has 1 N–H and O–H groups in total. The lowest BCUT2D eigenvalue weighted by Crippen LogP contribution is -2.49. The third kappa shape index (κ3) is 5.55. The van der Waals surface area contributed by atoms with E-state index in [4.69, 9.17) is 0 Å². The van der Waals surface area contributed by atoms with Gasteiger partial charge in [0.15, 0.2) is 0 Å². The Kier molecular flexibility index (Phi) is 7.83. The van der Waals surface area contributed by atoms with Crippen LogP contribution in [0.1, 0.15) is 88.3 Å². The summed E-state index contributed by atoms with van der Waals surface area (Å²) in [5, 5.41) is 3.20. The van der Waals surface area contributed by atoms with Gasteiger partial charge in [-0.15, -0.1) is 0 Å². The van der Waals surface area contributed by atoms with Crippen LogP contribution in [-0.2, 0) is 11.2 Å². The maximum absolute atomic E-state index is 13.6. The lowest BCUT2D eigenvalue weighted by molar-refractivity contribution is -0.116. The molecule has 3 amide bonds. The summed E-state index contributed by atoms with van der Waals surface area (Å²) in [6.45, 7) is 10.1. The lowest BCUT2D eigenvalue weighted by atomic mass is 9.81. The summed E-state index contributed by atoms with van der Waals surface area (Å²) in [7, 11) is 0. The van der Waals surface area contributed by atoms with Crippen molar-refractivity contribution in [1.29, 1.82) is 0 Å². The fourth-order valence-corrected chi connectivity index (χ4v) is 5.91. The number of hydrogen-bond donors (Lipinski definition) is 1. The highest BCUT2D eigenvalue weighted by molar-refractivity contribution is 5.96. The van der Waals surface area contributed by atoms with Crippen molar-refractivity contribution < 1.29 is 9.59 Å². The normalized spacial score (nSPS) is 17.6. The fraction of sp³-hybridized carbons (Fsp3) is 0.533. The summed E-state index contributed by atoms with van der Waals surface area (Å²) in [5.41, 5.74) is 4.32. The van der Waals surface area contributed by atoms with Crippen molar-refractivity contribution in [1.82, 2.24) is 9.80 Å². The Balaban J connectivity index is 1.50. The molecule has 1 heterocycles. The number of anilines is 1. The second-order valence-corrected chi connectivity index (χ2v) is 11.0. The van der Waals surface area contributed by atoms with Crippen LogP contribution in [-0.4, -0.2) is 46.9 Å². The summed E-state index contributed by atoms with van der Waals surface area (Å²) in [6, 6.07) is 16.6. The molecule has 0 bridgehead atoms. The van der Waals surface area contributed by atoms with Gasteiger partial charge in [0.25, 0.3) is 0 Å². The van der Waals surface area contributed by atoms with E-state index in [2.05, 4.69) is 80.4 Å². The predicted octanol–water partition coefficient (Wildman–Crippen LogP) is 6.56. The van der Waals surface area contributed by atoms with Crippen LogP contribution in [0.2, 0.25) is 0 Å². The average molecular weight is 476 g/mol. The molecule has 2 aromatic rings. The van der Waals surface area contributed by atoms with Crippen LogP contribution in [0.4, 0.5) is 10.5 Å². The Labute approximate surface area is 210 Å². The number of urea groups is 1. The fourth-order valence-electron chi connectivity index (χ4n) is 5.91. The van der Waals surface area contributed by atoms with Crippen molar-refractivity contribution >= 4 is 17.6 Å². The minimum absolute atomic E-state index is 0.0132. The molecular weight excluding hydrogens is 434 g/mol. The number of amides is 3. The maximum atomic E-state index is 13.6. The summed E-state index contributed by atoms with van der Waals surface area (Å²) < 4.78 is 0. The Morgan fingerprint density at radius 2 is 1.54 bits per heavy atom. The monoisotopic (exact) mass is 475 g/mol.